The van der Waals surface area contributed by atoms with Crippen LogP contribution in [-0.4, -0.2) is 11.6 Å². The molecule has 0 N–H and O–H groups in total. The molecule has 0 unspecified atom stereocenters. The molecule has 0 atom stereocenters. The highest BCUT2D eigenvalue weighted by Gasteiger charge is 2.21. The van der Waals surface area contributed by atoms with Crippen molar-refractivity contribution >= 4 is 11.6 Å². The van der Waals surface area contributed by atoms with E-state index < -0.39 is 0 Å². The van der Waals surface area contributed by atoms with Gasteiger partial charge in [-0.3, -0.25) is 9.59 Å². The number of rotatable bonds is 8. The first kappa shape index (κ1) is 21.1. The van der Waals surface area contributed by atoms with Gasteiger partial charge in [-0.2, -0.15) is 0 Å². The van der Waals surface area contributed by atoms with E-state index >= 15 is 0 Å². The predicted octanol–water partition coefficient (Wildman–Crippen LogP) is 6.21. The van der Waals surface area contributed by atoms with Gasteiger partial charge in [0, 0.05) is 16.7 Å². The summed E-state index contributed by atoms with van der Waals surface area (Å²) in [6.45, 7) is 12.0. The molecule has 25 heavy (non-hydrogen) atoms. The van der Waals surface area contributed by atoms with Gasteiger partial charge in [0.1, 0.15) is 0 Å². The number of carbonyl (C=O) groups excluding carboxylic acids is 2. The summed E-state index contributed by atoms with van der Waals surface area (Å²) in [5.41, 5.74) is 5.83. The molecule has 0 spiro atoms. The molecule has 0 saturated heterocycles. The summed E-state index contributed by atoms with van der Waals surface area (Å²) in [7, 11) is 0. The van der Waals surface area contributed by atoms with Gasteiger partial charge in [-0.1, -0.05) is 34.9 Å². The Bertz CT molecular complexity index is 675. The van der Waals surface area contributed by atoms with E-state index in [0.717, 1.165) is 25.7 Å². The summed E-state index contributed by atoms with van der Waals surface area (Å²) in [4.78, 5) is 24.1. The van der Waals surface area contributed by atoms with Crippen LogP contribution in [0.5, 0.6) is 0 Å². The minimum atomic E-state index is -0.0342. The molecule has 1 aliphatic carbocycles. The molecular weight excluding hydrogens is 308 g/mol. The van der Waals surface area contributed by atoms with Crippen molar-refractivity contribution in [3.05, 3.63) is 57.7 Å². The van der Waals surface area contributed by atoms with Crippen molar-refractivity contribution in [3.63, 3.8) is 0 Å². The number of hydrogen-bond acceptors (Lipinski definition) is 2. The second-order valence-corrected chi connectivity index (χ2v) is 7.28. The van der Waals surface area contributed by atoms with E-state index in [2.05, 4.69) is 45.9 Å². The van der Waals surface area contributed by atoms with Crippen LogP contribution in [0.15, 0.2) is 57.7 Å². The van der Waals surface area contributed by atoms with E-state index in [0.29, 0.717) is 23.1 Å². The number of allylic oxidation sites excluding steroid dienone is 10. The van der Waals surface area contributed by atoms with Crippen LogP contribution in [0.3, 0.4) is 0 Å². The van der Waals surface area contributed by atoms with Crippen LogP contribution >= 0.6 is 0 Å². The molecule has 0 radical (unpaired) electrons. The van der Waals surface area contributed by atoms with Gasteiger partial charge in [0.05, 0.1) is 0 Å². The third kappa shape index (κ3) is 7.21. The van der Waals surface area contributed by atoms with E-state index in [4.69, 9.17) is 0 Å². The highest BCUT2D eigenvalue weighted by molar-refractivity contribution is 6.22. The molecule has 0 saturated carbocycles. The van der Waals surface area contributed by atoms with E-state index in [1.165, 1.54) is 22.8 Å². The van der Waals surface area contributed by atoms with Gasteiger partial charge in [-0.15, -0.1) is 0 Å². The first-order valence-corrected chi connectivity index (χ1v) is 9.14. The van der Waals surface area contributed by atoms with Crippen molar-refractivity contribution < 1.29 is 9.59 Å². The lowest BCUT2D eigenvalue weighted by Gasteiger charge is -2.13. The predicted molar refractivity (Wildman–Crippen MR) is 107 cm³/mol. The molecule has 136 valence electrons. The first-order valence-electron chi connectivity index (χ1n) is 9.14. The molecule has 2 heteroatoms. The zero-order valence-electron chi connectivity index (χ0n) is 16.7. The molecule has 0 aromatic carbocycles. The molecular formula is C23H32O2. The van der Waals surface area contributed by atoms with Crippen LogP contribution < -0.4 is 0 Å². The van der Waals surface area contributed by atoms with Crippen LogP contribution in [0.4, 0.5) is 0 Å². The van der Waals surface area contributed by atoms with Crippen molar-refractivity contribution in [1.82, 2.24) is 0 Å². The summed E-state index contributed by atoms with van der Waals surface area (Å²) in [5.74, 6) is -0.0239. The Balaban J connectivity index is 2.49. The number of hydrogen-bond donors (Lipinski definition) is 0. The Hall–Kier alpha value is -1.96. The van der Waals surface area contributed by atoms with E-state index in [-0.39, 0.29) is 11.6 Å². The fourth-order valence-corrected chi connectivity index (χ4v) is 2.70. The molecule has 0 fully saturated rings. The summed E-state index contributed by atoms with van der Waals surface area (Å²) < 4.78 is 0. The van der Waals surface area contributed by atoms with Gasteiger partial charge >= 0.3 is 0 Å². The maximum atomic E-state index is 12.2. The fraction of sp³-hybridized carbons (Fsp3) is 0.478. The minimum Gasteiger partial charge on any atom is -0.290 e. The lowest BCUT2D eigenvalue weighted by molar-refractivity contribution is -0.115. The Kier molecular flexibility index (Phi) is 8.54. The Morgan fingerprint density at radius 3 is 2.00 bits per heavy atom. The molecule has 0 aromatic rings. The smallest absolute Gasteiger partial charge is 0.185 e. The Morgan fingerprint density at radius 2 is 1.40 bits per heavy atom. The topological polar surface area (TPSA) is 34.1 Å². The number of ketones is 2. The molecule has 1 aliphatic rings. The van der Waals surface area contributed by atoms with Crippen LogP contribution in [0.25, 0.3) is 0 Å². The summed E-state index contributed by atoms with van der Waals surface area (Å²) in [6.07, 6.45) is 12.9. The molecule has 2 nitrogen and oxygen atoms in total. The van der Waals surface area contributed by atoms with Gasteiger partial charge in [-0.05, 0) is 79.7 Å². The van der Waals surface area contributed by atoms with E-state index in [1.807, 2.05) is 0 Å². The second-order valence-electron chi connectivity index (χ2n) is 7.28. The van der Waals surface area contributed by atoms with Crippen molar-refractivity contribution in [2.24, 2.45) is 0 Å². The monoisotopic (exact) mass is 340 g/mol. The summed E-state index contributed by atoms with van der Waals surface area (Å²) in [6, 6.07) is 0. The number of carbonyl (C=O) groups is 2. The quantitative estimate of drug-likeness (QED) is 0.389. The van der Waals surface area contributed by atoms with Crippen LogP contribution in [0.1, 0.15) is 73.6 Å². The van der Waals surface area contributed by atoms with Crippen molar-refractivity contribution in [3.8, 4) is 0 Å². The van der Waals surface area contributed by atoms with Gasteiger partial charge in [-0.25, -0.2) is 0 Å². The third-order valence-electron chi connectivity index (χ3n) is 4.66. The molecule has 1 rings (SSSR count). The maximum Gasteiger partial charge on any atom is 0.185 e. The third-order valence-corrected chi connectivity index (χ3v) is 4.66. The largest absolute Gasteiger partial charge is 0.290 e. The van der Waals surface area contributed by atoms with Crippen molar-refractivity contribution in [2.75, 3.05) is 0 Å². The van der Waals surface area contributed by atoms with E-state index in [1.54, 1.807) is 13.8 Å². The molecule has 0 bridgehead atoms. The average Bonchev–Trinajstić information content (AvgIpc) is 2.54. The van der Waals surface area contributed by atoms with Gasteiger partial charge in [0.2, 0.25) is 0 Å². The van der Waals surface area contributed by atoms with Gasteiger partial charge < -0.3 is 0 Å². The Labute approximate surface area is 153 Å². The summed E-state index contributed by atoms with van der Waals surface area (Å²) in [5, 5.41) is 0. The van der Waals surface area contributed by atoms with Crippen molar-refractivity contribution in [1.29, 1.82) is 0 Å². The molecule has 0 heterocycles. The van der Waals surface area contributed by atoms with Crippen LogP contribution in [0.2, 0.25) is 0 Å². The van der Waals surface area contributed by atoms with Gasteiger partial charge in [0.15, 0.2) is 11.6 Å². The Morgan fingerprint density at radius 1 is 0.840 bits per heavy atom. The molecule has 0 amide bonds. The molecule has 0 aromatic heterocycles. The normalized spacial score (nSPS) is 16.3. The van der Waals surface area contributed by atoms with Crippen molar-refractivity contribution in [2.45, 2.75) is 73.6 Å². The van der Waals surface area contributed by atoms with Gasteiger partial charge in [0.25, 0.3) is 0 Å². The highest BCUT2D eigenvalue weighted by Crippen LogP contribution is 2.22. The summed E-state index contributed by atoms with van der Waals surface area (Å²) >= 11 is 0. The lowest BCUT2D eigenvalue weighted by atomic mass is 9.89. The first-order chi connectivity index (χ1) is 11.7. The minimum absolute atomic E-state index is 0.0103. The highest BCUT2D eigenvalue weighted by atomic mass is 16.1. The fourth-order valence-electron chi connectivity index (χ4n) is 2.70. The second kappa shape index (κ2) is 10.1. The molecule has 0 aliphatic heterocycles. The maximum absolute atomic E-state index is 12.2. The zero-order valence-corrected chi connectivity index (χ0v) is 16.7. The van der Waals surface area contributed by atoms with Crippen LogP contribution in [-0.2, 0) is 9.59 Å². The lowest BCUT2D eigenvalue weighted by Crippen LogP contribution is -2.16. The van der Waals surface area contributed by atoms with Crippen LogP contribution in [0, 0.1) is 0 Å². The standard InChI is InChI=1S/C23H32O2/c1-16(2)9-7-10-17(3)11-8-12-18(4)13-14-21-15-22(24)19(5)20(6)23(21)25/h9,11,13,15H,7-8,10,12,14H2,1-6H3/b17-11+,18-13+. The SMILES string of the molecule is CC(C)=CCC/C(C)=C/CC/C(C)=C/CC1=CC(=O)C(C)=C(C)C1=O. The van der Waals surface area contributed by atoms with E-state index in [9.17, 15) is 9.59 Å². The average molecular weight is 341 g/mol. The zero-order chi connectivity index (χ0) is 19.0. The number of Topliss-reactive ketones (excluding diaryl/α,β-unsaturated/α-hetero) is 1.